The van der Waals surface area contributed by atoms with E-state index in [1.807, 2.05) is 32.6 Å². The second kappa shape index (κ2) is 8.27. The van der Waals surface area contributed by atoms with E-state index in [4.69, 9.17) is 20.9 Å². The van der Waals surface area contributed by atoms with Crippen LogP contribution < -0.4 is 5.46 Å². The van der Waals surface area contributed by atoms with Gasteiger partial charge in [-0.25, -0.2) is 9.97 Å². The summed E-state index contributed by atoms with van der Waals surface area (Å²) in [6.45, 7) is 8.89. The van der Waals surface area contributed by atoms with Gasteiger partial charge in [-0.05, 0) is 47.0 Å². The van der Waals surface area contributed by atoms with Crippen molar-refractivity contribution in [3.8, 4) is 0 Å². The first kappa shape index (κ1) is 20.9. The van der Waals surface area contributed by atoms with Crippen molar-refractivity contribution in [3.63, 3.8) is 0 Å². The van der Waals surface area contributed by atoms with E-state index in [0.29, 0.717) is 5.16 Å². The highest BCUT2D eigenvalue weighted by Gasteiger charge is 2.51. The zero-order chi connectivity index (χ0) is 19.7. The number of hydrogen-bond acceptors (Lipinski definition) is 6. The van der Waals surface area contributed by atoms with Gasteiger partial charge in [0.25, 0.3) is 0 Å². The molecule has 27 heavy (non-hydrogen) atoms. The maximum Gasteiger partial charge on any atom is 0.498 e. The lowest BCUT2D eigenvalue weighted by atomic mass is 9.81. The van der Waals surface area contributed by atoms with Crippen molar-refractivity contribution >= 4 is 41.9 Å². The number of carbonyl (C=O) groups is 1. The SMILES string of the molecule is CC1(C)OB(c2cnc(SC[C@H]3CCCCN3C(=O)CCl)nc2)OC1(C)C. The van der Waals surface area contributed by atoms with Gasteiger partial charge in [-0.15, -0.1) is 11.6 Å². The van der Waals surface area contributed by atoms with Gasteiger partial charge in [0.1, 0.15) is 5.88 Å². The number of rotatable bonds is 5. The van der Waals surface area contributed by atoms with Gasteiger partial charge in [0.2, 0.25) is 5.91 Å². The van der Waals surface area contributed by atoms with E-state index in [0.717, 1.165) is 37.0 Å². The summed E-state index contributed by atoms with van der Waals surface area (Å²) in [5.74, 6) is 0.831. The van der Waals surface area contributed by atoms with Crippen LogP contribution in [0.15, 0.2) is 17.6 Å². The minimum atomic E-state index is -0.454. The Bertz CT molecular complexity index is 658. The highest BCUT2D eigenvalue weighted by molar-refractivity contribution is 7.99. The second-order valence-electron chi connectivity index (χ2n) is 8.07. The third kappa shape index (κ3) is 4.61. The van der Waals surface area contributed by atoms with Crippen LogP contribution in [0, 0.1) is 0 Å². The average molecular weight is 412 g/mol. The van der Waals surface area contributed by atoms with Crippen molar-refractivity contribution in [1.82, 2.24) is 14.9 Å². The minimum Gasteiger partial charge on any atom is -0.399 e. The van der Waals surface area contributed by atoms with E-state index in [9.17, 15) is 4.79 Å². The van der Waals surface area contributed by atoms with Gasteiger partial charge in [0, 0.05) is 36.2 Å². The fourth-order valence-corrected chi connectivity index (χ4v) is 4.35. The molecule has 1 aromatic heterocycles. The Balaban J connectivity index is 1.59. The maximum absolute atomic E-state index is 12.0. The molecule has 0 bridgehead atoms. The van der Waals surface area contributed by atoms with Gasteiger partial charge in [-0.1, -0.05) is 11.8 Å². The lowest BCUT2D eigenvalue weighted by molar-refractivity contribution is -0.131. The third-order valence-electron chi connectivity index (χ3n) is 5.64. The summed E-state index contributed by atoms with van der Waals surface area (Å²) in [6, 6.07) is 0.196. The minimum absolute atomic E-state index is 0.0130. The quantitative estimate of drug-likeness (QED) is 0.321. The highest BCUT2D eigenvalue weighted by Crippen LogP contribution is 2.36. The number of aromatic nitrogens is 2. The van der Waals surface area contributed by atoms with Gasteiger partial charge in [0.05, 0.1) is 11.2 Å². The predicted octanol–water partition coefficient (Wildman–Crippen LogP) is 2.49. The molecule has 2 aliphatic heterocycles. The van der Waals surface area contributed by atoms with Crippen molar-refractivity contribution in [2.24, 2.45) is 0 Å². The van der Waals surface area contributed by atoms with Crippen molar-refractivity contribution < 1.29 is 14.1 Å². The molecule has 0 N–H and O–H groups in total. The number of hydrogen-bond donors (Lipinski definition) is 0. The number of piperidine rings is 1. The van der Waals surface area contributed by atoms with Gasteiger partial charge in [0.15, 0.2) is 5.16 Å². The van der Waals surface area contributed by atoms with Crippen LogP contribution in [-0.4, -0.2) is 63.3 Å². The van der Waals surface area contributed by atoms with Crippen LogP contribution in [0.5, 0.6) is 0 Å². The molecule has 0 unspecified atom stereocenters. The number of carbonyl (C=O) groups excluding carboxylic acids is 1. The van der Waals surface area contributed by atoms with E-state index in [1.54, 1.807) is 24.2 Å². The summed E-state index contributed by atoms with van der Waals surface area (Å²) in [4.78, 5) is 22.8. The first-order valence-electron chi connectivity index (χ1n) is 9.39. The summed E-state index contributed by atoms with van der Waals surface area (Å²) in [5.41, 5.74) is 0.0456. The normalized spacial score (nSPS) is 24.3. The van der Waals surface area contributed by atoms with Crippen LogP contribution in [-0.2, 0) is 14.1 Å². The summed E-state index contributed by atoms with van der Waals surface area (Å²) < 4.78 is 12.1. The molecular formula is C18H27BClN3O3S. The fraction of sp³-hybridized carbons (Fsp3) is 0.722. The number of alkyl halides is 1. The summed E-state index contributed by atoms with van der Waals surface area (Å²) in [7, 11) is -0.454. The van der Waals surface area contributed by atoms with Crippen molar-refractivity contribution in [2.75, 3.05) is 18.2 Å². The van der Waals surface area contributed by atoms with Gasteiger partial charge < -0.3 is 14.2 Å². The lowest BCUT2D eigenvalue weighted by Gasteiger charge is -2.35. The van der Waals surface area contributed by atoms with Gasteiger partial charge in [-0.3, -0.25) is 4.79 Å². The van der Waals surface area contributed by atoms with Crippen LogP contribution in [0.25, 0.3) is 0 Å². The Morgan fingerprint density at radius 2 is 1.89 bits per heavy atom. The number of halogens is 1. The predicted molar refractivity (Wildman–Crippen MR) is 109 cm³/mol. The van der Waals surface area contributed by atoms with Crippen LogP contribution >= 0.6 is 23.4 Å². The molecule has 0 radical (unpaired) electrons. The zero-order valence-electron chi connectivity index (χ0n) is 16.4. The Labute approximate surface area is 170 Å². The van der Waals surface area contributed by atoms with E-state index in [1.165, 1.54) is 0 Å². The Hall–Kier alpha value is -0.825. The standard InChI is InChI=1S/C18H27BClN3O3S/c1-17(2)18(3,4)26-19(25-17)13-10-21-16(22-11-13)27-12-14-7-5-6-8-23(14)15(24)9-20/h10-11,14H,5-9,12H2,1-4H3/t14-/m1/s1. The van der Waals surface area contributed by atoms with Gasteiger partial charge >= 0.3 is 7.12 Å². The number of nitrogens with zero attached hydrogens (tertiary/aromatic N) is 3. The second-order valence-corrected chi connectivity index (χ2v) is 9.32. The molecule has 1 amide bonds. The Morgan fingerprint density at radius 3 is 2.48 bits per heavy atom. The fourth-order valence-electron chi connectivity index (χ4n) is 3.25. The molecule has 0 aromatic carbocycles. The molecule has 2 fully saturated rings. The third-order valence-corrected chi connectivity index (χ3v) is 6.89. The van der Waals surface area contributed by atoms with E-state index in [2.05, 4.69) is 9.97 Å². The van der Waals surface area contributed by atoms with E-state index < -0.39 is 7.12 Å². The molecule has 148 valence electrons. The maximum atomic E-state index is 12.0. The molecule has 1 aromatic rings. The topological polar surface area (TPSA) is 64.5 Å². The van der Waals surface area contributed by atoms with Crippen LogP contribution in [0.2, 0.25) is 0 Å². The number of amides is 1. The average Bonchev–Trinajstić information content (AvgIpc) is 2.87. The Morgan fingerprint density at radius 1 is 1.26 bits per heavy atom. The highest BCUT2D eigenvalue weighted by atomic mass is 35.5. The van der Waals surface area contributed by atoms with E-state index >= 15 is 0 Å². The molecule has 1 atom stereocenters. The molecule has 6 nitrogen and oxygen atoms in total. The smallest absolute Gasteiger partial charge is 0.399 e. The molecule has 9 heteroatoms. The Kier molecular flexibility index (Phi) is 6.40. The number of likely N-dealkylation sites (tertiary alicyclic amines) is 1. The molecule has 0 spiro atoms. The molecule has 2 aliphatic rings. The summed E-state index contributed by atoms with van der Waals surface area (Å²) >= 11 is 7.31. The van der Waals surface area contributed by atoms with Crippen molar-refractivity contribution in [2.45, 2.75) is 69.4 Å². The summed E-state index contributed by atoms with van der Waals surface area (Å²) in [5, 5.41) is 0.694. The van der Waals surface area contributed by atoms with Gasteiger partial charge in [-0.2, -0.15) is 0 Å². The van der Waals surface area contributed by atoms with E-state index in [-0.39, 0.29) is 29.0 Å². The molecular weight excluding hydrogens is 385 g/mol. The lowest BCUT2D eigenvalue weighted by Crippen LogP contribution is -2.45. The summed E-state index contributed by atoms with van der Waals surface area (Å²) in [6.07, 6.45) is 6.71. The molecule has 0 saturated carbocycles. The monoisotopic (exact) mass is 411 g/mol. The van der Waals surface area contributed by atoms with Crippen LogP contribution in [0.3, 0.4) is 0 Å². The first-order chi connectivity index (χ1) is 12.7. The number of thioether (sulfide) groups is 1. The molecule has 2 saturated heterocycles. The van der Waals surface area contributed by atoms with Crippen LogP contribution in [0.1, 0.15) is 47.0 Å². The largest absolute Gasteiger partial charge is 0.498 e. The van der Waals surface area contributed by atoms with Crippen molar-refractivity contribution in [3.05, 3.63) is 12.4 Å². The molecule has 0 aliphatic carbocycles. The van der Waals surface area contributed by atoms with Crippen molar-refractivity contribution in [1.29, 1.82) is 0 Å². The zero-order valence-corrected chi connectivity index (χ0v) is 18.0. The van der Waals surface area contributed by atoms with Crippen LogP contribution in [0.4, 0.5) is 0 Å². The molecule has 3 heterocycles. The first-order valence-corrected chi connectivity index (χ1v) is 10.9. The molecule has 3 rings (SSSR count).